The second-order valence-electron chi connectivity index (χ2n) is 6.36. The van der Waals surface area contributed by atoms with Crippen molar-refractivity contribution in [2.45, 2.75) is 12.8 Å². The number of fused-ring (bicyclic) bond motifs is 1. The lowest BCUT2D eigenvalue weighted by Crippen LogP contribution is -2.48. The number of piperazine rings is 1. The Morgan fingerprint density at radius 1 is 1.04 bits per heavy atom. The van der Waals surface area contributed by atoms with Crippen LogP contribution in [0.4, 0.5) is 19.0 Å². The first-order valence-corrected chi connectivity index (χ1v) is 8.46. The molecular weight excluding hydrogens is 361 g/mol. The van der Waals surface area contributed by atoms with E-state index in [1.54, 1.807) is 18.3 Å². The molecule has 3 aromatic rings. The number of aromatic nitrogens is 4. The van der Waals surface area contributed by atoms with Crippen LogP contribution < -0.4 is 10.6 Å². The molecule has 0 spiro atoms. The van der Waals surface area contributed by atoms with Gasteiger partial charge in [0.25, 0.3) is 0 Å². The molecule has 142 valence electrons. The van der Waals surface area contributed by atoms with Gasteiger partial charge in [0.1, 0.15) is 5.82 Å². The molecule has 0 atom stereocenters. The molecular formula is C17H17F3N6O. The van der Waals surface area contributed by atoms with E-state index in [1.165, 1.54) is 15.1 Å². The molecule has 1 aliphatic rings. The van der Waals surface area contributed by atoms with E-state index in [2.05, 4.69) is 15.0 Å². The summed E-state index contributed by atoms with van der Waals surface area (Å²) in [4.78, 5) is 20.3. The number of hydrogen-bond acceptors (Lipinski definition) is 5. The third-order valence-corrected chi connectivity index (χ3v) is 4.59. The summed E-state index contributed by atoms with van der Waals surface area (Å²) in [5.41, 5.74) is -0.358. The minimum atomic E-state index is -4.38. The fraction of sp³-hybridized carbons (Fsp3) is 0.353. The highest BCUT2D eigenvalue weighted by Gasteiger charge is 2.31. The topological polar surface area (TPSA) is 58.7 Å². The predicted molar refractivity (Wildman–Crippen MR) is 92.5 cm³/mol. The molecule has 0 unspecified atom stereocenters. The summed E-state index contributed by atoms with van der Waals surface area (Å²) in [5.74, 6) is 0.521. The zero-order chi connectivity index (χ0) is 19.0. The van der Waals surface area contributed by atoms with Gasteiger partial charge in [0.05, 0.1) is 12.2 Å². The van der Waals surface area contributed by atoms with Crippen LogP contribution >= 0.6 is 0 Å². The molecule has 4 heterocycles. The van der Waals surface area contributed by atoms with E-state index in [0.717, 1.165) is 12.3 Å². The van der Waals surface area contributed by atoms with E-state index in [0.29, 0.717) is 44.3 Å². The van der Waals surface area contributed by atoms with E-state index in [1.807, 2.05) is 11.0 Å². The number of halogens is 3. The largest absolute Gasteiger partial charge is 0.417 e. The first-order valence-electron chi connectivity index (χ1n) is 8.46. The maximum atomic E-state index is 12.6. The van der Waals surface area contributed by atoms with Gasteiger partial charge in [-0.15, -0.1) is 5.10 Å². The Hall–Kier alpha value is -2.88. The van der Waals surface area contributed by atoms with Gasteiger partial charge in [-0.05, 0) is 24.3 Å². The summed E-state index contributed by atoms with van der Waals surface area (Å²) in [5, 5.41) is 4.31. The fourth-order valence-electron chi connectivity index (χ4n) is 3.11. The summed E-state index contributed by atoms with van der Waals surface area (Å²) >= 11 is 0. The van der Waals surface area contributed by atoms with Crippen molar-refractivity contribution in [2.24, 2.45) is 0 Å². The van der Waals surface area contributed by atoms with Crippen molar-refractivity contribution in [3.63, 3.8) is 0 Å². The van der Waals surface area contributed by atoms with Crippen molar-refractivity contribution in [3.8, 4) is 0 Å². The third-order valence-electron chi connectivity index (χ3n) is 4.59. The van der Waals surface area contributed by atoms with Gasteiger partial charge < -0.3 is 4.90 Å². The molecule has 1 aliphatic heterocycles. The van der Waals surface area contributed by atoms with Gasteiger partial charge in [0.15, 0.2) is 5.65 Å². The maximum Gasteiger partial charge on any atom is 0.417 e. The van der Waals surface area contributed by atoms with Gasteiger partial charge in [-0.25, -0.2) is 9.78 Å². The molecule has 0 amide bonds. The van der Waals surface area contributed by atoms with Crippen LogP contribution in [0.2, 0.25) is 0 Å². The van der Waals surface area contributed by atoms with Crippen LogP contribution in [0, 0.1) is 0 Å². The number of nitrogens with zero attached hydrogens (tertiary/aromatic N) is 6. The number of anilines is 1. The summed E-state index contributed by atoms with van der Waals surface area (Å²) in [6.45, 7) is 2.90. The van der Waals surface area contributed by atoms with Crippen molar-refractivity contribution in [2.75, 3.05) is 31.1 Å². The lowest BCUT2D eigenvalue weighted by atomic mass is 10.2. The molecule has 0 bridgehead atoms. The molecule has 0 aliphatic carbocycles. The SMILES string of the molecule is O=c1n(CN2CCN(c3ccc(C(F)(F)F)cn3)CC2)nc2ccccn12. The van der Waals surface area contributed by atoms with Crippen LogP contribution in [-0.4, -0.2) is 50.2 Å². The average molecular weight is 378 g/mol. The zero-order valence-corrected chi connectivity index (χ0v) is 14.3. The number of alkyl halides is 3. The quantitative estimate of drug-likeness (QED) is 0.694. The molecule has 0 radical (unpaired) electrons. The maximum absolute atomic E-state index is 12.6. The molecule has 0 N–H and O–H groups in total. The normalized spacial score (nSPS) is 16.2. The average Bonchev–Trinajstić information content (AvgIpc) is 2.98. The molecule has 10 heteroatoms. The molecule has 7 nitrogen and oxygen atoms in total. The van der Waals surface area contributed by atoms with Crippen molar-refractivity contribution in [1.82, 2.24) is 24.1 Å². The minimum absolute atomic E-state index is 0.197. The van der Waals surface area contributed by atoms with Gasteiger partial charge >= 0.3 is 11.9 Å². The van der Waals surface area contributed by atoms with Crippen LogP contribution in [0.3, 0.4) is 0 Å². The van der Waals surface area contributed by atoms with Crippen LogP contribution in [0.15, 0.2) is 47.5 Å². The highest BCUT2D eigenvalue weighted by Crippen LogP contribution is 2.29. The Balaban J connectivity index is 1.40. The van der Waals surface area contributed by atoms with E-state index in [9.17, 15) is 18.0 Å². The van der Waals surface area contributed by atoms with Crippen LogP contribution in [-0.2, 0) is 12.8 Å². The second kappa shape index (κ2) is 6.69. The van der Waals surface area contributed by atoms with Gasteiger partial charge in [-0.3, -0.25) is 9.30 Å². The fourth-order valence-corrected chi connectivity index (χ4v) is 3.11. The lowest BCUT2D eigenvalue weighted by Gasteiger charge is -2.35. The standard InChI is InChI=1S/C17H17F3N6O/c18-17(19,20)13-4-5-14(21-11-13)24-9-7-23(8-10-24)12-26-16(27)25-6-2-1-3-15(25)22-26/h1-6,11H,7-10,12H2. The molecule has 4 rings (SSSR count). The Morgan fingerprint density at radius 2 is 1.81 bits per heavy atom. The number of rotatable bonds is 3. The van der Waals surface area contributed by atoms with Gasteiger partial charge in [-0.2, -0.15) is 17.9 Å². The monoisotopic (exact) mass is 378 g/mol. The van der Waals surface area contributed by atoms with E-state index < -0.39 is 11.7 Å². The van der Waals surface area contributed by atoms with Gasteiger partial charge in [-0.1, -0.05) is 6.07 Å². The Bertz CT molecular complexity index is 986. The number of pyridine rings is 2. The van der Waals surface area contributed by atoms with Crippen LogP contribution in [0.5, 0.6) is 0 Å². The lowest BCUT2D eigenvalue weighted by molar-refractivity contribution is -0.137. The summed E-state index contributed by atoms with van der Waals surface area (Å²) < 4.78 is 40.8. The molecule has 1 fully saturated rings. The molecule has 0 aromatic carbocycles. The Kier molecular flexibility index (Phi) is 4.34. The first kappa shape index (κ1) is 17.5. The van der Waals surface area contributed by atoms with E-state index in [-0.39, 0.29) is 5.69 Å². The summed E-state index contributed by atoms with van der Waals surface area (Å²) in [6, 6.07) is 7.81. The minimum Gasteiger partial charge on any atom is -0.354 e. The molecule has 3 aromatic heterocycles. The van der Waals surface area contributed by atoms with E-state index >= 15 is 0 Å². The smallest absolute Gasteiger partial charge is 0.354 e. The van der Waals surface area contributed by atoms with Crippen molar-refractivity contribution in [1.29, 1.82) is 0 Å². The van der Waals surface area contributed by atoms with Gasteiger partial charge in [0.2, 0.25) is 0 Å². The Labute approximate surface area is 152 Å². The van der Waals surface area contributed by atoms with Gasteiger partial charge in [0, 0.05) is 38.6 Å². The number of hydrogen-bond donors (Lipinski definition) is 0. The highest BCUT2D eigenvalue weighted by molar-refractivity contribution is 5.40. The van der Waals surface area contributed by atoms with Crippen molar-refractivity contribution in [3.05, 3.63) is 58.8 Å². The highest BCUT2D eigenvalue weighted by atomic mass is 19.4. The molecule has 27 heavy (non-hydrogen) atoms. The van der Waals surface area contributed by atoms with Crippen LogP contribution in [0.1, 0.15) is 5.56 Å². The third kappa shape index (κ3) is 3.52. The second-order valence-corrected chi connectivity index (χ2v) is 6.36. The van der Waals surface area contributed by atoms with E-state index in [4.69, 9.17) is 0 Å². The molecule has 1 saturated heterocycles. The van der Waals surface area contributed by atoms with Crippen molar-refractivity contribution < 1.29 is 13.2 Å². The summed E-state index contributed by atoms with van der Waals surface area (Å²) in [6.07, 6.45) is -1.85. The predicted octanol–water partition coefficient (Wildman–Crippen LogP) is 1.69. The summed E-state index contributed by atoms with van der Waals surface area (Å²) in [7, 11) is 0. The Morgan fingerprint density at radius 3 is 2.44 bits per heavy atom. The molecule has 0 saturated carbocycles. The van der Waals surface area contributed by atoms with Crippen LogP contribution in [0.25, 0.3) is 5.65 Å². The van der Waals surface area contributed by atoms with Crippen molar-refractivity contribution >= 4 is 11.5 Å². The zero-order valence-electron chi connectivity index (χ0n) is 14.3. The first-order chi connectivity index (χ1) is 12.9.